The molecular formula is C9H8N2O2S. The van der Waals surface area contributed by atoms with Crippen molar-refractivity contribution in [2.24, 2.45) is 5.73 Å². The smallest absolute Gasteiger partial charge is 0.325 e. The van der Waals surface area contributed by atoms with Crippen LogP contribution in [0.5, 0.6) is 0 Å². The zero-order chi connectivity index (χ0) is 10.1. The Morgan fingerprint density at radius 3 is 3.07 bits per heavy atom. The van der Waals surface area contributed by atoms with Crippen molar-refractivity contribution in [3.05, 3.63) is 29.4 Å². The Morgan fingerprint density at radius 1 is 1.64 bits per heavy atom. The molecule has 0 amide bonds. The molecule has 2 aromatic heterocycles. The van der Waals surface area contributed by atoms with Gasteiger partial charge in [0.05, 0.1) is 4.70 Å². The van der Waals surface area contributed by atoms with Crippen LogP contribution in [-0.2, 0) is 4.79 Å². The van der Waals surface area contributed by atoms with E-state index in [2.05, 4.69) is 4.98 Å². The van der Waals surface area contributed by atoms with E-state index in [1.807, 2.05) is 6.07 Å². The molecule has 0 aromatic carbocycles. The molecule has 4 nitrogen and oxygen atoms in total. The number of nitrogens with zero attached hydrogens (tertiary/aromatic N) is 1. The van der Waals surface area contributed by atoms with Crippen molar-refractivity contribution in [3.63, 3.8) is 0 Å². The molecule has 0 aliphatic carbocycles. The lowest BCUT2D eigenvalue weighted by molar-refractivity contribution is -0.138. The van der Waals surface area contributed by atoms with Gasteiger partial charge in [-0.25, -0.2) is 0 Å². The van der Waals surface area contributed by atoms with E-state index >= 15 is 0 Å². The van der Waals surface area contributed by atoms with E-state index in [0.717, 1.165) is 10.1 Å². The third-order valence-electron chi connectivity index (χ3n) is 1.91. The SMILES string of the molecule is NC(C(=O)O)c1cc2ccncc2s1. The number of nitrogens with two attached hydrogens (primary N) is 1. The third kappa shape index (κ3) is 1.47. The van der Waals surface area contributed by atoms with Crippen molar-refractivity contribution in [3.8, 4) is 0 Å². The van der Waals surface area contributed by atoms with E-state index in [1.54, 1.807) is 18.5 Å². The number of fused-ring (bicyclic) bond motifs is 1. The first-order valence-electron chi connectivity index (χ1n) is 4.00. The number of rotatable bonds is 2. The largest absolute Gasteiger partial charge is 0.480 e. The Morgan fingerprint density at radius 2 is 2.43 bits per heavy atom. The molecule has 0 fully saturated rings. The lowest BCUT2D eigenvalue weighted by Gasteiger charge is -2.00. The van der Waals surface area contributed by atoms with Crippen LogP contribution < -0.4 is 5.73 Å². The molecule has 5 heteroatoms. The van der Waals surface area contributed by atoms with Crippen molar-refractivity contribution in [1.82, 2.24) is 4.98 Å². The van der Waals surface area contributed by atoms with Gasteiger partial charge >= 0.3 is 5.97 Å². The lowest BCUT2D eigenvalue weighted by Crippen LogP contribution is -2.19. The van der Waals surface area contributed by atoms with E-state index < -0.39 is 12.0 Å². The number of carbonyl (C=O) groups is 1. The zero-order valence-electron chi connectivity index (χ0n) is 7.18. The number of hydrogen-bond donors (Lipinski definition) is 2. The summed E-state index contributed by atoms with van der Waals surface area (Å²) in [6.45, 7) is 0. The molecule has 14 heavy (non-hydrogen) atoms. The van der Waals surface area contributed by atoms with Gasteiger partial charge in [-0.15, -0.1) is 11.3 Å². The van der Waals surface area contributed by atoms with Crippen LogP contribution in [0.3, 0.4) is 0 Å². The molecule has 0 aliphatic heterocycles. The normalized spacial score (nSPS) is 12.9. The van der Waals surface area contributed by atoms with Crippen molar-refractivity contribution in [2.75, 3.05) is 0 Å². The maximum absolute atomic E-state index is 10.6. The summed E-state index contributed by atoms with van der Waals surface area (Å²) in [5.41, 5.74) is 5.49. The van der Waals surface area contributed by atoms with Gasteiger partial charge in [-0.05, 0) is 17.5 Å². The summed E-state index contributed by atoms with van der Waals surface area (Å²) in [6.07, 6.45) is 3.38. The van der Waals surface area contributed by atoms with Crippen molar-refractivity contribution in [1.29, 1.82) is 0 Å². The second-order valence-corrected chi connectivity index (χ2v) is 3.99. The predicted octanol–water partition coefficient (Wildman–Crippen LogP) is 1.38. The van der Waals surface area contributed by atoms with Gasteiger partial charge in [-0.1, -0.05) is 0 Å². The van der Waals surface area contributed by atoms with Crippen LogP contribution in [0, 0.1) is 0 Å². The molecule has 0 radical (unpaired) electrons. The Bertz CT molecular complexity index is 447. The van der Waals surface area contributed by atoms with Crippen LogP contribution in [0.25, 0.3) is 10.1 Å². The van der Waals surface area contributed by atoms with Gasteiger partial charge in [0.2, 0.25) is 0 Å². The Hall–Kier alpha value is -1.46. The van der Waals surface area contributed by atoms with Crippen LogP contribution >= 0.6 is 11.3 Å². The first-order valence-corrected chi connectivity index (χ1v) is 4.82. The van der Waals surface area contributed by atoms with E-state index in [4.69, 9.17) is 10.8 Å². The number of pyridine rings is 1. The second kappa shape index (κ2) is 3.36. The number of aliphatic carboxylic acids is 1. The van der Waals surface area contributed by atoms with Crippen LogP contribution in [0.15, 0.2) is 24.5 Å². The minimum atomic E-state index is -1.01. The molecule has 2 aromatic rings. The van der Waals surface area contributed by atoms with Gasteiger partial charge in [0, 0.05) is 17.3 Å². The standard InChI is InChI=1S/C9H8N2O2S/c10-8(9(12)13)6-3-5-1-2-11-4-7(5)14-6/h1-4,8H,10H2,(H,12,13). The molecule has 0 saturated carbocycles. The molecule has 0 saturated heterocycles. The molecule has 2 rings (SSSR count). The quantitative estimate of drug-likeness (QED) is 0.781. The highest BCUT2D eigenvalue weighted by Gasteiger charge is 2.16. The molecule has 1 unspecified atom stereocenters. The van der Waals surface area contributed by atoms with E-state index in [-0.39, 0.29) is 0 Å². The molecule has 72 valence electrons. The molecule has 3 N–H and O–H groups in total. The first kappa shape index (κ1) is 9.11. The van der Waals surface area contributed by atoms with E-state index in [9.17, 15) is 4.79 Å². The molecule has 0 spiro atoms. The van der Waals surface area contributed by atoms with Gasteiger partial charge in [0.25, 0.3) is 0 Å². The molecule has 0 aliphatic rings. The highest BCUT2D eigenvalue weighted by molar-refractivity contribution is 7.19. The Labute approximate surface area is 84.0 Å². The molecule has 2 heterocycles. The number of carboxylic acids is 1. The summed E-state index contributed by atoms with van der Waals surface area (Å²) in [6, 6.07) is 2.69. The summed E-state index contributed by atoms with van der Waals surface area (Å²) in [5, 5.41) is 9.71. The Kier molecular flexibility index (Phi) is 2.18. The molecular weight excluding hydrogens is 200 g/mol. The first-order chi connectivity index (χ1) is 6.68. The topological polar surface area (TPSA) is 76.2 Å². The fourth-order valence-electron chi connectivity index (χ4n) is 1.18. The number of thiophene rings is 1. The van der Waals surface area contributed by atoms with Gasteiger partial charge in [-0.3, -0.25) is 9.78 Å². The van der Waals surface area contributed by atoms with Gasteiger partial charge in [0.1, 0.15) is 6.04 Å². The van der Waals surface area contributed by atoms with Crippen molar-refractivity contribution < 1.29 is 9.90 Å². The van der Waals surface area contributed by atoms with Gasteiger partial charge < -0.3 is 10.8 Å². The average molecular weight is 208 g/mol. The van der Waals surface area contributed by atoms with Crippen LogP contribution in [0.4, 0.5) is 0 Å². The van der Waals surface area contributed by atoms with E-state index in [1.165, 1.54) is 11.3 Å². The van der Waals surface area contributed by atoms with Crippen LogP contribution in [-0.4, -0.2) is 16.1 Å². The summed E-state index contributed by atoms with van der Waals surface area (Å²) in [7, 11) is 0. The van der Waals surface area contributed by atoms with Gasteiger partial charge in [-0.2, -0.15) is 0 Å². The predicted molar refractivity (Wildman–Crippen MR) is 54.2 cm³/mol. The third-order valence-corrected chi connectivity index (χ3v) is 3.08. The maximum Gasteiger partial charge on any atom is 0.325 e. The fourth-order valence-corrected chi connectivity index (χ4v) is 2.21. The fraction of sp³-hybridized carbons (Fsp3) is 0.111. The summed E-state index contributed by atoms with van der Waals surface area (Å²) in [5.74, 6) is -1.01. The second-order valence-electron chi connectivity index (χ2n) is 2.88. The lowest BCUT2D eigenvalue weighted by atomic mass is 10.2. The monoisotopic (exact) mass is 208 g/mol. The number of carboxylic acid groups (broad SMARTS) is 1. The minimum absolute atomic E-state index is 0.653. The summed E-state index contributed by atoms with van der Waals surface area (Å²) in [4.78, 5) is 15.2. The number of aromatic nitrogens is 1. The average Bonchev–Trinajstić information content (AvgIpc) is 2.59. The highest BCUT2D eigenvalue weighted by Crippen LogP contribution is 2.28. The van der Waals surface area contributed by atoms with Crippen molar-refractivity contribution in [2.45, 2.75) is 6.04 Å². The zero-order valence-corrected chi connectivity index (χ0v) is 7.99. The van der Waals surface area contributed by atoms with Crippen LogP contribution in [0.1, 0.15) is 10.9 Å². The van der Waals surface area contributed by atoms with Crippen molar-refractivity contribution >= 4 is 27.4 Å². The minimum Gasteiger partial charge on any atom is -0.480 e. The van der Waals surface area contributed by atoms with E-state index in [0.29, 0.717) is 4.88 Å². The highest BCUT2D eigenvalue weighted by atomic mass is 32.1. The maximum atomic E-state index is 10.6. The Balaban J connectivity index is 2.50. The summed E-state index contributed by atoms with van der Waals surface area (Å²) >= 11 is 1.37. The molecule has 1 atom stereocenters. The molecule has 0 bridgehead atoms. The number of hydrogen-bond acceptors (Lipinski definition) is 4. The van der Waals surface area contributed by atoms with Crippen LogP contribution in [0.2, 0.25) is 0 Å². The van der Waals surface area contributed by atoms with Gasteiger partial charge in [0.15, 0.2) is 0 Å². The summed E-state index contributed by atoms with van der Waals surface area (Å²) < 4.78 is 0.958.